The molecule has 0 saturated heterocycles. The number of nitrogens with zero attached hydrogens (tertiary/aromatic N) is 2. The van der Waals surface area contributed by atoms with Gasteiger partial charge in [0.25, 0.3) is 5.69 Å². The summed E-state index contributed by atoms with van der Waals surface area (Å²) in [6.45, 7) is 0. The molecular weight excluding hydrogens is 245 g/mol. The Morgan fingerprint density at radius 2 is 2.06 bits per heavy atom. The van der Waals surface area contributed by atoms with Crippen LogP contribution in [0.1, 0.15) is 5.56 Å². The summed E-state index contributed by atoms with van der Waals surface area (Å²) < 4.78 is 37.4. The number of alkyl halides is 3. The molecule has 92 valence electrons. The summed E-state index contributed by atoms with van der Waals surface area (Å²) in [5.74, 6) is 0. The van der Waals surface area contributed by atoms with Gasteiger partial charge in [0.2, 0.25) is 0 Å². The average molecular weight is 250 g/mol. The van der Waals surface area contributed by atoms with Crippen LogP contribution in [0, 0.1) is 10.1 Å². The highest BCUT2D eigenvalue weighted by Gasteiger charge is 2.37. The lowest BCUT2D eigenvalue weighted by molar-refractivity contribution is -0.384. The first-order valence-corrected chi connectivity index (χ1v) is 4.21. The van der Waals surface area contributed by atoms with Gasteiger partial charge in [-0.05, 0) is 6.07 Å². The number of hydrogen-bond acceptors (Lipinski definition) is 6. The number of nitro benzene ring substituents is 1. The summed E-state index contributed by atoms with van der Waals surface area (Å²) in [6, 6.07) is 0.988. The second kappa shape index (κ2) is 3.46. The van der Waals surface area contributed by atoms with Crippen molar-refractivity contribution in [3.63, 3.8) is 0 Å². The molecule has 7 nitrogen and oxygen atoms in total. The van der Waals surface area contributed by atoms with Gasteiger partial charge in [0.05, 0.1) is 10.5 Å². The topological polar surface area (TPSA) is 90.7 Å². The van der Waals surface area contributed by atoms with E-state index in [1.54, 1.807) is 0 Å². The molecule has 0 aromatic heterocycles. The molecule has 0 atom stereocenters. The molecule has 0 saturated carbocycles. The van der Waals surface area contributed by atoms with Gasteiger partial charge in [-0.25, -0.2) is 0 Å². The van der Waals surface area contributed by atoms with Gasteiger partial charge in [0, 0.05) is 6.07 Å². The molecule has 1 aliphatic heterocycles. The van der Waals surface area contributed by atoms with E-state index in [-0.39, 0.29) is 16.5 Å². The van der Waals surface area contributed by atoms with Crippen molar-refractivity contribution >= 4 is 17.1 Å². The maximum Gasteiger partial charge on any atom is 0.416 e. The van der Waals surface area contributed by atoms with Gasteiger partial charge >= 0.3 is 6.18 Å². The fraction of sp³-hybridized carbons (Fsp3) is 0.143. The van der Waals surface area contributed by atoms with Crippen LogP contribution in [0.5, 0.6) is 0 Å². The van der Waals surface area contributed by atoms with Crippen molar-refractivity contribution in [3.8, 4) is 0 Å². The van der Waals surface area contributed by atoms with E-state index in [0.717, 1.165) is 0 Å². The summed E-state index contributed by atoms with van der Waals surface area (Å²) in [5.41, 5.74) is 1.63. The Bertz CT molecular complexity index is 490. The van der Waals surface area contributed by atoms with E-state index in [2.05, 4.69) is 5.43 Å². The third-order valence-corrected chi connectivity index (χ3v) is 2.14. The summed E-state index contributed by atoms with van der Waals surface area (Å²) >= 11 is 0. The van der Waals surface area contributed by atoms with Crippen LogP contribution in [0.25, 0.3) is 0 Å². The molecule has 1 heterocycles. The predicted octanol–water partition coefficient (Wildman–Crippen LogP) is 1.65. The van der Waals surface area contributed by atoms with Gasteiger partial charge in [-0.15, -0.1) is 5.53 Å². The number of hydrazine groups is 2. The summed E-state index contributed by atoms with van der Waals surface area (Å²) in [7, 11) is 0. The first-order valence-electron chi connectivity index (χ1n) is 4.21. The minimum absolute atomic E-state index is 0.231. The lowest BCUT2D eigenvalue weighted by Crippen LogP contribution is -2.32. The Hall–Kier alpha value is -2.07. The Labute approximate surface area is 91.5 Å². The van der Waals surface area contributed by atoms with Gasteiger partial charge in [-0.1, -0.05) is 0 Å². The minimum Gasteiger partial charge on any atom is -0.294 e. The quantitative estimate of drug-likeness (QED) is 0.518. The zero-order chi connectivity index (χ0) is 12.8. The SMILES string of the molecule is O=[N+]([O-])c1cc(C(F)(F)F)cc2c1NNN2O. The number of fused-ring (bicyclic) bond motifs is 1. The molecule has 10 heteroatoms. The van der Waals surface area contributed by atoms with Crippen molar-refractivity contribution < 1.29 is 23.3 Å². The van der Waals surface area contributed by atoms with Gasteiger partial charge < -0.3 is 0 Å². The minimum atomic E-state index is -4.73. The van der Waals surface area contributed by atoms with Crippen molar-refractivity contribution in [1.29, 1.82) is 0 Å². The van der Waals surface area contributed by atoms with Crippen LogP contribution in [0.4, 0.5) is 30.2 Å². The molecule has 0 radical (unpaired) electrons. The van der Waals surface area contributed by atoms with E-state index in [0.29, 0.717) is 12.1 Å². The number of halogens is 3. The third-order valence-electron chi connectivity index (χ3n) is 2.14. The summed E-state index contributed by atoms with van der Waals surface area (Å²) in [5, 5.41) is 20.0. The van der Waals surface area contributed by atoms with E-state index >= 15 is 0 Å². The molecule has 0 amide bonds. The van der Waals surface area contributed by atoms with Gasteiger partial charge in [-0.3, -0.25) is 20.7 Å². The zero-order valence-corrected chi connectivity index (χ0v) is 7.95. The monoisotopic (exact) mass is 250 g/mol. The molecule has 3 N–H and O–H groups in total. The largest absolute Gasteiger partial charge is 0.416 e. The molecule has 1 aromatic rings. The van der Waals surface area contributed by atoms with Crippen LogP contribution in [-0.2, 0) is 6.18 Å². The molecule has 0 fully saturated rings. The van der Waals surface area contributed by atoms with Gasteiger partial charge in [0.1, 0.15) is 5.69 Å². The highest BCUT2D eigenvalue weighted by Crippen LogP contribution is 2.42. The second-order valence-corrected chi connectivity index (χ2v) is 3.19. The van der Waals surface area contributed by atoms with Gasteiger partial charge in [0.15, 0.2) is 5.69 Å². The van der Waals surface area contributed by atoms with Crippen LogP contribution < -0.4 is 16.1 Å². The van der Waals surface area contributed by atoms with E-state index in [9.17, 15) is 23.3 Å². The normalized spacial score (nSPS) is 14.5. The lowest BCUT2D eigenvalue weighted by Gasteiger charge is -2.10. The van der Waals surface area contributed by atoms with Crippen molar-refractivity contribution in [2.75, 3.05) is 10.6 Å². The molecule has 0 spiro atoms. The lowest BCUT2D eigenvalue weighted by atomic mass is 10.1. The number of rotatable bonds is 1. The highest BCUT2D eigenvalue weighted by atomic mass is 19.4. The van der Waals surface area contributed by atoms with E-state index in [4.69, 9.17) is 5.21 Å². The number of nitrogens with one attached hydrogen (secondary N) is 2. The van der Waals surface area contributed by atoms with Crippen LogP contribution in [0.3, 0.4) is 0 Å². The summed E-state index contributed by atoms with van der Waals surface area (Å²) in [4.78, 5) is 9.65. The van der Waals surface area contributed by atoms with E-state index < -0.39 is 22.4 Å². The standard InChI is InChI=1S/C7H5F3N4O3/c8-7(9,10)3-1-4-6(11-12-13(4)15)5(2-3)14(16)17/h1-2,11-12,15H. The Morgan fingerprint density at radius 3 is 2.59 bits per heavy atom. The Kier molecular flexibility index (Phi) is 2.33. The third kappa shape index (κ3) is 1.83. The fourth-order valence-electron chi connectivity index (χ4n) is 1.38. The van der Waals surface area contributed by atoms with Crippen molar-refractivity contribution in [2.24, 2.45) is 0 Å². The molecule has 1 aromatic carbocycles. The van der Waals surface area contributed by atoms with Crippen molar-refractivity contribution in [2.45, 2.75) is 6.18 Å². The van der Waals surface area contributed by atoms with Crippen LogP contribution >= 0.6 is 0 Å². The number of hydrogen-bond donors (Lipinski definition) is 3. The first kappa shape index (κ1) is 11.4. The highest BCUT2D eigenvalue weighted by molar-refractivity contribution is 5.81. The average Bonchev–Trinajstić information content (AvgIpc) is 2.58. The van der Waals surface area contributed by atoms with Gasteiger partial charge in [-0.2, -0.15) is 18.3 Å². The predicted molar refractivity (Wildman–Crippen MR) is 49.1 cm³/mol. The zero-order valence-electron chi connectivity index (χ0n) is 7.95. The summed E-state index contributed by atoms with van der Waals surface area (Å²) in [6.07, 6.45) is -4.73. The molecule has 0 unspecified atom stereocenters. The van der Waals surface area contributed by atoms with Crippen molar-refractivity contribution in [3.05, 3.63) is 27.8 Å². The maximum atomic E-state index is 12.5. The first-order chi connectivity index (χ1) is 7.80. The molecule has 0 aliphatic carbocycles. The second-order valence-electron chi connectivity index (χ2n) is 3.19. The molecule has 0 bridgehead atoms. The van der Waals surface area contributed by atoms with Crippen molar-refractivity contribution in [1.82, 2.24) is 5.53 Å². The number of nitro groups is 1. The number of anilines is 2. The smallest absolute Gasteiger partial charge is 0.294 e. The van der Waals surface area contributed by atoms with Crippen LogP contribution in [-0.4, -0.2) is 10.1 Å². The van der Waals surface area contributed by atoms with E-state index in [1.165, 1.54) is 0 Å². The maximum absolute atomic E-state index is 12.5. The Morgan fingerprint density at radius 1 is 1.41 bits per heavy atom. The fourth-order valence-corrected chi connectivity index (χ4v) is 1.38. The Balaban J connectivity index is 2.65. The van der Waals surface area contributed by atoms with E-state index in [1.807, 2.05) is 5.53 Å². The molecule has 17 heavy (non-hydrogen) atoms. The van der Waals surface area contributed by atoms with Crippen LogP contribution in [0.15, 0.2) is 12.1 Å². The molecular formula is C7H5F3N4O3. The molecule has 2 rings (SSSR count). The molecule has 1 aliphatic rings. The van der Waals surface area contributed by atoms with Crippen LogP contribution in [0.2, 0.25) is 0 Å². The number of benzene rings is 1.